The van der Waals surface area contributed by atoms with Gasteiger partial charge in [0.05, 0.1) is 13.7 Å². The fourth-order valence-corrected chi connectivity index (χ4v) is 1.07. The Hall–Kier alpha value is -2.04. The zero-order valence-corrected chi connectivity index (χ0v) is 9.15. The van der Waals surface area contributed by atoms with Crippen LogP contribution >= 0.6 is 0 Å². The molecule has 1 heterocycles. The van der Waals surface area contributed by atoms with Gasteiger partial charge in [-0.2, -0.15) is 0 Å². The molecule has 0 aliphatic rings. The van der Waals surface area contributed by atoms with E-state index in [1.54, 1.807) is 25.3 Å². The highest BCUT2D eigenvalue weighted by molar-refractivity contribution is 5.90. The van der Waals surface area contributed by atoms with E-state index in [0.717, 1.165) is 0 Å². The van der Waals surface area contributed by atoms with E-state index in [9.17, 15) is 9.59 Å². The second-order valence-corrected chi connectivity index (χ2v) is 2.92. The summed E-state index contributed by atoms with van der Waals surface area (Å²) in [5.41, 5.74) is 1.06. The number of esters is 2. The first kappa shape index (κ1) is 12.0. The summed E-state index contributed by atoms with van der Waals surface area (Å²) in [5, 5.41) is 0. The van der Waals surface area contributed by atoms with Gasteiger partial charge in [-0.05, 0) is 24.6 Å². The van der Waals surface area contributed by atoms with Gasteiger partial charge in [0.1, 0.15) is 5.69 Å². The number of rotatable bonds is 4. The van der Waals surface area contributed by atoms with Gasteiger partial charge in [0.2, 0.25) is 0 Å². The van der Waals surface area contributed by atoms with Gasteiger partial charge in [-0.1, -0.05) is 0 Å². The van der Waals surface area contributed by atoms with Crippen molar-refractivity contribution in [1.82, 2.24) is 4.98 Å². The Kier molecular flexibility index (Phi) is 4.32. The van der Waals surface area contributed by atoms with E-state index in [2.05, 4.69) is 9.72 Å². The molecule has 0 radical (unpaired) electrons. The molecule has 1 rings (SSSR count). The molecule has 0 aliphatic carbocycles. The van der Waals surface area contributed by atoms with E-state index in [4.69, 9.17) is 4.74 Å². The lowest BCUT2D eigenvalue weighted by Gasteiger charge is -1.96. The lowest BCUT2D eigenvalue weighted by Crippen LogP contribution is -2.04. The number of carbonyl (C=O) groups excluding carboxylic acids is 2. The van der Waals surface area contributed by atoms with Crippen molar-refractivity contribution in [3.05, 3.63) is 29.6 Å². The van der Waals surface area contributed by atoms with E-state index in [1.807, 2.05) is 0 Å². The minimum atomic E-state index is -0.445. The molecule has 0 aromatic carbocycles. The molecule has 0 unspecified atom stereocenters. The molecule has 0 aliphatic heterocycles. The normalized spacial score (nSPS) is 10.4. The highest BCUT2D eigenvalue weighted by Crippen LogP contribution is 2.07. The molecule has 0 atom stereocenters. The van der Waals surface area contributed by atoms with Gasteiger partial charge in [-0.25, -0.2) is 9.59 Å². The molecule has 0 amide bonds. The van der Waals surface area contributed by atoms with Crippen LogP contribution in [0.15, 0.2) is 18.3 Å². The molecule has 5 nitrogen and oxygen atoms in total. The predicted octanol–water partition coefficient (Wildman–Crippen LogP) is 1.38. The molecule has 1 aromatic heterocycles. The Balaban J connectivity index is 2.68. The topological polar surface area (TPSA) is 68.4 Å². The van der Waals surface area contributed by atoms with Crippen molar-refractivity contribution in [2.45, 2.75) is 6.92 Å². The number of carbonyl (C=O) groups is 2. The Morgan fingerprint density at radius 1 is 1.50 bits per heavy atom. The van der Waals surface area contributed by atoms with Crippen LogP contribution in [0.2, 0.25) is 0 Å². The second-order valence-electron chi connectivity index (χ2n) is 2.92. The second kappa shape index (κ2) is 5.75. The van der Waals surface area contributed by atoms with Crippen molar-refractivity contribution >= 4 is 18.0 Å². The van der Waals surface area contributed by atoms with Crippen LogP contribution in [-0.2, 0) is 14.3 Å². The number of methoxy groups -OCH3 is 1. The van der Waals surface area contributed by atoms with E-state index in [-0.39, 0.29) is 0 Å². The van der Waals surface area contributed by atoms with Crippen molar-refractivity contribution in [3.63, 3.8) is 0 Å². The average molecular weight is 223 g/mol. The van der Waals surface area contributed by atoms with Gasteiger partial charge >= 0.3 is 11.9 Å². The molecule has 5 heteroatoms. The van der Waals surface area contributed by atoms with Gasteiger partial charge in [0.25, 0.3) is 0 Å². The number of ether oxygens (including phenoxy) is 2. The number of aromatic nitrogens is 1. The number of hydrogen-bond donors (Lipinski definition) is 1. The van der Waals surface area contributed by atoms with Crippen molar-refractivity contribution in [3.8, 4) is 0 Å². The molecule has 0 saturated carbocycles. The number of H-pyrrole nitrogens is 1. The first-order chi connectivity index (χ1) is 7.67. The van der Waals surface area contributed by atoms with Gasteiger partial charge in [-0.15, -0.1) is 0 Å². The molecule has 0 spiro atoms. The third kappa shape index (κ3) is 3.27. The predicted molar refractivity (Wildman–Crippen MR) is 57.8 cm³/mol. The van der Waals surface area contributed by atoms with Crippen LogP contribution in [0.1, 0.15) is 23.0 Å². The lowest BCUT2D eigenvalue weighted by molar-refractivity contribution is -0.134. The van der Waals surface area contributed by atoms with Gasteiger partial charge in [-0.3, -0.25) is 0 Å². The average Bonchev–Trinajstić information content (AvgIpc) is 2.75. The summed E-state index contributed by atoms with van der Waals surface area (Å²) < 4.78 is 9.24. The fourth-order valence-electron chi connectivity index (χ4n) is 1.07. The zero-order valence-electron chi connectivity index (χ0n) is 9.15. The minimum absolute atomic E-state index is 0.325. The minimum Gasteiger partial charge on any atom is -0.466 e. The molecule has 0 saturated heterocycles. The van der Waals surface area contributed by atoms with Gasteiger partial charge in [0.15, 0.2) is 0 Å². The summed E-state index contributed by atoms with van der Waals surface area (Å²) in [6.07, 6.45) is 4.43. The van der Waals surface area contributed by atoms with Crippen LogP contribution in [0.25, 0.3) is 6.08 Å². The quantitative estimate of drug-likeness (QED) is 0.618. The maximum atomic E-state index is 11.3. The summed E-state index contributed by atoms with van der Waals surface area (Å²) >= 11 is 0. The molecule has 1 aromatic rings. The largest absolute Gasteiger partial charge is 0.466 e. The van der Waals surface area contributed by atoms with Crippen LogP contribution in [0.5, 0.6) is 0 Å². The summed E-state index contributed by atoms with van der Waals surface area (Å²) in [6.45, 7) is 2.06. The van der Waals surface area contributed by atoms with E-state index < -0.39 is 11.9 Å². The summed E-state index contributed by atoms with van der Waals surface area (Å²) in [5.74, 6) is -0.862. The molecule has 1 N–H and O–H groups in total. The molecule has 0 fully saturated rings. The third-order valence-electron chi connectivity index (χ3n) is 1.81. The Bertz CT molecular complexity index is 406. The van der Waals surface area contributed by atoms with Crippen molar-refractivity contribution in [1.29, 1.82) is 0 Å². The third-order valence-corrected chi connectivity index (χ3v) is 1.81. The molecule has 86 valence electrons. The first-order valence-corrected chi connectivity index (χ1v) is 4.79. The highest BCUT2D eigenvalue weighted by atomic mass is 16.5. The van der Waals surface area contributed by atoms with Crippen molar-refractivity contribution in [2.24, 2.45) is 0 Å². The summed E-state index contributed by atoms with van der Waals surface area (Å²) in [4.78, 5) is 24.9. The van der Waals surface area contributed by atoms with E-state index in [1.165, 1.54) is 13.2 Å². The molecular formula is C11H13NO4. The monoisotopic (exact) mass is 223 g/mol. The number of nitrogens with one attached hydrogen (secondary N) is 1. The summed E-state index contributed by atoms with van der Waals surface area (Å²) in [7, 11) is 1.30. The van der Waals surface area contributed by atoms with Gasteiger partial charge < -0.3 is 14.5 Å². The summed E-state index contributed by atoms with van der Waals surface area (Å²) in [6, 6.07) is 1.59. The van der Waals surface area contributed by atoms with Gasteiger partial charge in [0, 0.05) is 12.3 Å². The zero-order chi connectivity index (χ0) is 12.0. The SMILES string of the molecule is CCOC(=O)c1cc(C=CC(=O)OC)c[nH]1. The number of aromatic amines is 1. The highest BCUT2D eigenvalue weighted by Gasteiger charge is 2.07. The molecule has 16 heavy (non-hydrogen) atoms. The maximum Gasteiger partial charge on any atom is 0.354 e. The smallest absolute Gasteiger partial charge is 0.354 e. The van der Waals surface area contributed by atoms with E-state index >= 15 is 0 Å². The molecule has 0 bridgehead atoms. The Morgan fingerprint density at radius 3 is 2.88 bits per heavy atom. The van der Waals surface area contributed by atoms with E-state index in [0.29, 0.717) is 17.9 Å². The maximum absolute atomic E-state index is 11.3. The van der Waals surface area contributed by atoms with Crippen molar-refractivity contribution in [2.75, 3.05) is 13.7 Å². The fraction of sp³-hybridized carbons (Fsp3) is 0.273. The standard InChI is InChI=1S/C11H13NO4/c1-3-16-11(14)9-6-8(7-12-9)4-5-10(13)15-2/h4-7,12H,3H2,1-2H3. The first-order valence-electron chi connectivity index (χ1n) is 4.79. The van der Waals surface area contributed by atoms with Crippen LogP contribution in [-0.4, -0.2) is 30.6 Å². The molecular weight excluding hydrogens is 210 g/mol. The van der Waals surface area contributed by atoms with Crippen LogP contribution < -0.4 is 0 Å². The van der Waals surface area contributed by atoms with Crippen LogP contribution in [0, 0.1) is 0 Å². The van der Waals surface area contributed by atoms with Crippen LogP contribution in [0.4, 0.5) is 0 Å². The Morgan fingerprint density at radius 2 is 2.25 bits per heavy atom. The van der Waals surface area contributed by atoms with Crippen LogP contribution in [0.3, 0.4) is 0 Å². The lowest BCUT2D eigenvalue weighted by atomic mass is 10.3. The number of hydrogen-bond acceptors (Lipinski definition) is 4. The Labute approximate surface area is 93.1 Å². The van der Waals surface area contributed by atoms with Crippen molar-refractivity contribution < 1.29 is 19.1 Å².